The maximum Gasteiger partial charge on any atom is 0.233 e. The number of carbonyl (C=O) groups is 1. The molecule has 118 valence electrons. The summed E-state index contributed by atoms with van der Waals surface area (Å²) in [5, 5.41) is 11.4. The average Bonchev–Trinajstić information content (AvgIpc) is 2.97. The number of nitrogens with zero attached hydrogens (tertiary/aromatic N) is 3. The van der Waals surface area contributed by atoms with Crippen molar-refractivity contribution in [3.05, 3.63) is 60.0 Å². The summed E-state index contributed by atoms with van der Waals surface area (Å²) < 4.78 is 14.7. The molecule has 23 heavy (non-hydrogen) atoms. The highest BCUT2D eigenvalue weighted by atomic mass is 32.2. The van der Waals surface area contributed by atoms with Crippen LogP contribution in [0.1, 0.15) is 12.5 Å². The second-order valence-corrected chi connectivity index (χ2v) is 6.32. The fourth-order valence-electron chi connectivity index (χ4n) is 2.05. The molecule has 0 aliphatic carbocycles. The second-order valence-electron chi connectivity index (χ2n) is 5.02. The van der Waals surface area contributed by atoms with Gasteiger partial charge in [-0.05, 0) is 36.8 Å². The van der Waals surface area contributed by atoms with Crippen LogP contribution in [0.4, 0.5) is 4.39 Å². The molecule has 2 aromatic heterocycles. The quantitative estimate of drug-likeness (QED) is 0.731. The van der Waals surface area contributed by atoms with Crippen LogP contribution in [0.15, 0.2) is 53.8 Å². The van der Waals surface area contributed by atoms with E-state index in [9.17, 15) is 9.18 Å². The Morgan fingerprint density at radius 3 is 2.83 bits per heavy atom. The minimum Gasteiger partial charge on any atom is -0.351 e. The first-order valence-electron chi connectivity index (χ1n) is 7.12. The first kappa shape index (κ1) is 15.5. The molecular weight excluding hydrogens is 315 g/mol. The third kappa shape index (κ3) is 3.68. The Morgan fingerprint density at radius 2 is 2.04 bits per heavy atom. The van der Waals surface area contributed by atoms with Gasteiger partial charge in [0.1, 0.15) is 5.82 Å². The number of benzene rings is 1. The molecule has 0 radical (unpaired) electrons. The Bertz CT molecular complexity index is 818. The van der Waals surface area contributed by atoms with Crippen molar-refractivity contribution in [2.45, 2.75) is 23.9 Å². The summed E-state index contributed by atoms with van der Waals surface area (Å²) in [7, 11) is 0. The molecule has 5 nitrogen and oxygen atoms in total. The van der Waals surface area contributed by atoms with Gasteiger partial charge in [-0.2, -0.15) is 0 Å². The molecule has 0 saturated heterocycles. The highest BCUT2D eigenvalue weighted by Crippen LogP contribution is 2.22. The van der Waals surface area contributed by atoms with E-state index >= 15 is 0 Å². The molecule has 0 bridgehead atoms. The molecule has 2 heterocycles. The standard InChI is InChI=1S/C16H15FN4OS/c1-11(15(22)18-10-12-5-7-13(17)8-6-12)23-16-20-19-14-4-2-3-9-21(14)16/h2-9,11H,10H2,1H3,(H,18,22). The Kier molecular flexibility index (Phi) is 4.57. The number of pyridine rings is 1. The number of nitrogens with one attached hydrogen (secondary N) is 1. The van der Waals surface area contributed by atoms with E-state index in [1.807, 2.05) is 35.7 Å². The van der Waals surface area contributed by atoms with Crippen molar-refractivity contribution in [2.24, 2.45) is 0 Å². The number of fused-ring (bicyclic) bond motifs is 1. The largest absolute Gasteiger partial charge is 0.351 e. The smallest absolute Gasteiger partial charge is 0.233 e. The maximum atomic E-state index is 12.8. The second kappa shape index (κ2) is 6.78. The number of hydrogen-bond donors (Lipinski definition) is 1. The summed E-state index contributed by atoms with van der Waals surface area (Å²) in [5.74, 6) is -0.394. The highest BCUT2D eigenvalue weighted by Gasteiger charge is 2.17. The Hall–Kier alpha value is -2.41. The fourth-order valence-corrected chi connectivity index (χ4v) is 2.91. The van der Waals surface area contributed by atoms with Crippen LogP contribution < -0.4 is 5.32 Å². The van der Waals surface area contributed by atoms with E-state index in [4.69, 9.17) is 0 Å². The maximum absolute atomic E-state index is 12.8. The topological polar surface area (TPSA) is 59.3 Å². The summed E-state index contributed by atoms with van der Waals surface area (Å²) in [5.41, 5.74) is 1.60. The zero-order valence-electron chi connectivity index (χ0n) is 12.4. The number of amides is 1. The van der Waals surface area contributed by atoms with Crippen molar-refractivity contribution >= 4 is 23.3 Å². The molecular formula is C16H15FN4OS. The SMILES string of the molecule is CC(Sc1nnc2ccccn12)C(=O)NCc1ccc(F)cc1. The predicted molar refractivity (Wildman–Crippen MR) is 86.6 cm³/mol. The van der Waals surface area contributed by atoms with E-state index in [1.54, 1.807) is 12.1 Å². The number of thioether (sulfide) groups is 1. The van der Waals surface area contributed by atoms with Crippen LogP contribution in [0.5, 0.6) is 0 Å². The zero-order valence-corrected chi connectivity index (χ0v) is 13.3. The van der Waals surface area contributed by atoms with Crippen LogP contribution in [0.2, 0.25) is 0 Å². The molecule has 0 spiro atoms. The Morgan fingerprint density at radius 1 is 1.26 bits per heavy atom. The summed E-state index contributed by atoms with van der Waals surface area (Å²) in [4.78, 5) is 12.2. The van der Waals surface area contributed by atoms with Crippen LogP contribution in [-0.2, 0) is 11.3 Å². The van der Waals surface area contributed by atoms with Gasteiger partial charge in [0.2, 0.25) is 5.91 Å². The molecule has 1 amide bonds. The van der Waals surface area contributed by atoms with Gasteiger partial charge in [-0.1, -0.05) is 30.0 Å². The molecule has 0 fully saturated rings. The van der Waals surface area contributed by atoms with Crippen molar-refractivity contribution in [2.75, 3.05) is 0 Å². The zero-order chi connectivity index (χ0) is 16.2. The first-order chi connectivity index (χ1) is 11.1. The lowest BCUT2D eigenvalue weighted by atomic mass is 10.2. The monoisotopic (exact) mass is 330 g/mol. The van der Waals surface area contributed by atoms with E-state index < -0.39 is 0 Å². The van der Waals surface area contributed by atoms with Crippen LogP contribution in [0.25, 0.3) is 5.65 Å². The average molecular weight is 330 g/mol. The molecule has 1 atom stereocenters. The van der Waals surface area contributed by atoms with E-state index in [0.29, 0.717) is 11.7 Å². The van der Waals surface area contributed by atoms with Gasteiger partial charge in [0.25, 0.3) is 0 Å². The van der Waals surface area contributed by atoms with Gasteiger partial charge >= 0.3 is 0 Å². The van der Waals surface area contributed by atoms with Gasteiger partial charge in [0.15, 0.2) is 10.8 Å². The number of rotatable bonds is 5. The molecule has 1 N–H and O–H groups in total. The lowest BCUT2D eigenvalue weighted by Crippen LogP contribution is -2.30. The van der Waals surface area contributed by atoms with Gasteiger partial charge in [-0.15, -0.1) is 10.2 Å². The molecule has 1 aromatic carbocycles. The van der Waals surface area contributed by atoms with Gasteiger partial charge in [0, 0.05) is 12.7 Å². The van der Waals surface area contributed by atoms with Crippen molar-refractivity contribution in [3.8, 4) is 0 Å². The van der Waals surface area contributed by atoms with Crippen LogP contribution in [0.3, 0.4) is 0 Å². The molecule has 0 aliphatic rings. The van der Waals surface area contributed by atoms with Gasteiger partial charge in [-0.25, -0.2) is 4.39 Å². The van der Waals surface area contributed by atoms with Gasteiger partial charge in [0.05, 0.1) is 5.25 Å². The number of hydrogen-bond acceptors (Lipinski definition) is 4. The molecule has 3 rings (SSSR count). The molecule has 3 aromatic rings. The van der Waals surface area contributed by atoms with Gasteiger partial charge < -0.3 is 5.32 Å². The first-order valence-corrected chi connectivity index (χ1v) is 8.00. The van der Waals surface area contributed by atoms with E-state index in [0.717, 1.165) is 11.2 Å². The van der Waals surface area contributed by atoms with Crippen molar-refractivity contribution in [1.82, 2.24) is 19.9 Å². The summed E-state index contributed by atoms with van der Waals surface area (Å²) in [6, 6.07) is 11.7. The molecule has 0 saturated carbocycles. The van der Waals surface area contributed by atoms with Crippen LogP contribution in [0, 0.1) is 5.82 Å². The minimum atomic E-state index is -0.317. The summed E-state index contributed by atoms with van der Waals surface area (Å²) >= 11 is 1.34. The summed E-state index contributed by atoms with van der Waals surface area (Å²) in [6.45, 7) is 2.18. The lowest BCUT2D eigenvalue weighted by Gasteiger charge is -2.11. The third-order valence-corrected chi connectivity index (χ3v) is 4.37. The van der Waals surface area contributed by atoms with Crippen LogP contribution in [-0.4, -0.2) is 25.8 Å². The lowest BCUT2D eigenvalue weighted by molar-refractivity contribution is -0.120. The molecule has 7 heteroatoms. The summed E-state index contributed by atoms with van der Waals surface area (Å²) in [6.07, 6.45) is 1.86. The Balaban J connectivity index is 1.60. The normalized spacial score (nSPS) is 12.3. The van der Waals surface area contributed by atoms with Crippen molar-refractivity contribution in [1.29, 1.82) is 0 Å². The predicted octanol–water partition coefficient (Wildman–Crippen LogP) is 2.67. The van der Waals surface area contributed by atoms with Crippen molar-refractivity contribution < 1.29 is 9.18 Å². The molecule has 0 aliphatic heterocycles. The number of carbonyl (C=O) groups excluding carboxylic acids is 1. The number of halogens is 1. The van der Waals surface area contributed by atoms with E-state index in [-0.39, 0.29) is 17.0 Å². The van der Waals surface area contributed by atoms with E-state index in [1.165, 1.54) is 23.9 Å². The van der Waals surface area contributed by atoms with Crippen LogP contribution >= 0.6 is 11.8 Å². The highest BCUT2D eigenvalue weighted by molar-refractivity contribution is 8.00. The Labute approximate surface area is 136 Å². The minimum absolute atomic E-state index is 0.105. The number of aromatic nitrogens is 3. The molecule has 1 unspecified atom stereocenters. The fraction of sp³-hybridized carbons (Fsp3) is 0.188. The van der Waals surface area contributed by atoms with Gasteiger partial charge in [-0.3, -0.25) is 9.20 Å². The van der Waals surface area contributed by atoms with Crippen molar-refractivity contribution in [3.63, 3.8) is 0 Å². The van der Waals surface area contributed by atoms with E-state index in [2.05, 4.69) is 15.5 Å². The third-order valence-electron chi connectivity index (χ3n) is 3.31.